The number of esters is 1. The molecule has 0 amide bonds. The molecule has 8 nitrogen and oxygen atoms in total. The van der Waals surface area contributed by atoms with Gasteiger partial charge in [-0.1, -0.05) is 12.1 Å². The van der Waals surface area contributed by atoms with Crippen LogP contribution in [0.3, 0.4) is 0 Å². The van der Waals surface area contributed by atoms with Crippen LogP contribution in [-0.4, -0.2) is 47.7 Å². The molecule has 1 aliphatic rings. The van der Waals surface area contributed by atoms with Gasteiger partial charge in [-0.3, -0.25) is 0 Å². The van der Waals surface area contributed by atoms with Crippen molar-refractivity contribution in [2.45, 2.75) is 19.9 Å². The van der Waals surface area contributed by atoms with Crippen molar-refractivity contribution in [1.82, 2.24) is 14.8 Å². The standard InChI is InChI=1S/C18H22N4O4/c1-4-25-14-7-5-13(6-8-14)16-15(17(23)26-10-9-24-3)12(2)21-18-19-11-20-22(16)18/h5-8,11,16H,4,9-10H2,1-3H3,(H,19,20,21)/t16-/m0/s1. The topological polar surface area (TPSA) is 87.5 Å². The van der Waals surface area contributed by atoms with E-state index in [1.54, 1.807) is 11.8 Å². The Morgan fingerprint density at radius 3 is 2.73 bits per heavy atom. The number of methoxy groups -OCH3 is 1. The third-order valence-corrected chi connectivity index (χ3v) is 4.04. The van der Waals surface area contributed by atoms with Crippen molar-refractivity contribution in [3.05, 3.63) is 47.4 Å². The monoisotopic (exact) mass is 358 g/mol. The quantitative estimate of drug-likeness (QED) is 0.599. The minimum absolute atomic E-state index is 0.187. The lowest BCUT2D eigenvalue weighted by Crippen LogP contribution is -2.30. The first-order chi connectivity index (χ1) is 12.7. The number of carbonyl (C=O) groups excluding carboxylic acids is 1. The lowest BCUT2D eigenvalue weighted by atomic mass is 9.96. The van der Waals surface area contributed by atoms with E-state index in [1.165, 1.54) is 6.33 Å². The number of aromatic nitrogens is 3. The highest BCUT2D eigenvalue weighted by Crippen LogP contribution is 2.35. The summed E-state index contributed by atoms with van der Waals surface area (Å²) in [5.41, 5.74) is 2.06. The predicted octanol–water partition coefficient (Wildman–Crippen LogP) is 2.16. The molecule has 2 heterocycles. The number of anilines is 1. The van der Waals surface area contributed by atoms with Gasteiger partial charge in [0, 0.05) is 12.8 Å². The summed E-state index contributed by atoms with van der Waals surface area (Å²) in [4.78, 5) is 16.9. The van der Waals surface area contributed by atoms with Gasteiger partial charge in [0.2, 0.25) is 5.95 Å². The molecule has 1 atom stereocenters. The van der Waals surface area contributed by atoms with Crippen LogP contribution in [0.25, 0.3) is 0 Å². The molecule has 0 saturated heterocycles. The smallest absolute Gasteiger partial charge is 0.338 e. The Morgan fingerprint density at radius 2 is 2.04 bits per heavy atom. The van der Waals surface area contributed by atoms with Crippen molar-refractivity contribution in [3.63, 3.8) is 0 Å². The van der Waals surface area contributed by atoms with Crippen LogP contribution in [-0.2, 0) is 14.3 Å². The Bertz CT molecular complexity index is 798. The number of hydrogen-bond acceptors (Lipinski definition) is 7. The van der Waals surface area contributed by atoms with E-state index < -0.39 is 12.0 Å². The van der Waals surface area contributed by atoms with Crippen molar-refractivity contribution in [2.75, 3.05) is 32.2 Å². The maximum atomic E-state index is 12.7. The molecule has 0 aliphatic carbocycles. The third-order valence-electron chi connectivity index (χ3n) is 4.04. The Labute approximate surface area is 151 Å². The fraction of sp³-hybridized carbons (Fsp3) is 0.389. The van der Waals surface area contributed by atoms with E-state index >= 15 is 0 Å². The fourth-order valence-corrected chi connectivity index (χ4v) is 2.87. The molecule has 0 fully saturated rings. The van der Waals surface area contributed by atoms with Crippen LogP contribution >= 0.6 is 0 Å². The van der Waals surface area contributed by atoms with Gasteiger partial charge in [-0.25, -0.2) is 9.48 Å². The van der Waals surface area contributed by atoms with Crippen molar-refractivity contribution < 1.29 is 19.0 Å². The number of ether oxygens (including phenoxy) is 3. The van der Waals surface area contributed by atoms with Crippen molar-refractivity contribution >= 4 is 11.9 Å². The summed E-state index contributed by atoms with van der Waals surface area (Å²) in [6, 6.07) is 7.16. The fourth-order valence-electron chi connectivity index (χ4n) is 2.87. The van der Waals surface area contributed by atoms with Gasteiger partial charge in [-0.15, -0.1) is 0 Å². The first-order valence-corrected chi connectivity index (χ1v) is 8.41. The maximum absolute atomic E-state index is 12.7. The van der Waals surface area contributed by atoms with Crippen LogP contribution in [0.4, 0.5) is 5.95 Å². The molecule has 138 valence electrons. The van der Waals surface area contributed by atoms with E-state index in [4.69, 9.17) is 14.2 Å². The summed E-state index contributed by atoms with van der Waals surface area (Å²) in [6.07, 6.45) is 1.45. The molecule has 2 aromatic rings. The average Bonchev–Trinajstić information content (AvgIpc) is 3.09. The Morgan fingerprint density at radius 1 is 1.27 bits per heavy atom. The highest BCUT2D eigenvalue weighted by atomic mass is 16.6. The second-order valence-corrected chi connectivity index (χ2v) is 5.73. The zero-order valence-corrected chi connectivity index (χ0v) is 15.1. The molecular weight excluding hydrogens is 336 g/mol. The number of nitrogens with one attached hydrogen (secondary N) is 1. The van der Waals surface area contributed by atoms with Crippen LogP contribution in [0.15, 0.2) is 41.9 Å². The van der Waals surface area contributed by atoms with Crippen LogP contribution in [0.2, 0.25) is 0 Å². The summed E-state index contributed by atoms with van der Waals surface area (Å²) in [5.74, 6) is 0.941. The first kappa shape index (κ1) is 17.9. The molecule has 0 bridgehead atoms. The molecule has 26 heavy (non-hydrogen) atoms. The molecule has 1 aromatic heterocycles. The largest absolute Gasteiger partial charge is 0.494 e. The summed E-state index contributed by atoms with van der Waals surface area (Å²) in [5, 5.41) is 7.39. The number of carbonyl (C=O) groups is 1. The SMILES string of the molecule is CCOc1ccc([C@H]2C(C(=O)OCCOC)=C(C)Nc3ncnn32)cc1. The normalized spacial score (nSPS) is 16.0. The van der Waals surface area contributed by atoms with Crippen LogP contribution < -0.4 is 10.1 Å². The predicted molar refractivity (Wildman–Crippen MR) is 94.9 cm³/mol. The highest BCUT2D eigenvalue weighted by Gasteiger charge is 2.34. The second kappa shape index (κ2) is 8.01. The molecule has 8 heteroatoms. The van der Waals surface area contributed by atoms with Gasteiger partial charge in [0.15, 0.2) is 0 Å². The number of benzene rings is 1. The van der Waals surface area contributed by atoms with Crippen LogP contribution in [0.5, 0.6) is 5.75 Å². The van der Waals surface area contributed by atoms with Gasteiger partial charge >= 0.3 is 5.97 Å². The van der Waals surface area contributed by atoms with Gasteiger partial charge in [-0.2, -0.15) is 10.1 Å². The molecule has 1 N–H and O–H groups in total. The van der Waals surface area contributed by atoms with Crippen molar-refractivity contribution in [2.24, 2.45) is 0 Å². The number of nitrogens with zero attached hydrogens (tertiary/aromatic N) is 3. The molecule has 0 spiro atoms. The number of rotatable bonds is 7. The maximum Gasteiger partial charge on any atom is 0.338 e. The molecule has 1 aromatic carbocycles. The number of allylic oxidation sites excluding steroid dienone is 1. The van der Waals surface area contributed by atoms with Gasteiger partial charge in [0.25, 0.3) is 0 Å². The Hall–Kier alpha value is -2.87. The van der Waals surface area contributed by atoms with E-state index in [0.29, 0.717) is 30.4 Å². The van der Waals surface area contributed by atoms with E-state index in [2.05, 4.69) is 15.4 Å². The summed E-state index contributed by atoms with van der Waals surface area (Å²) < 4.78 is 17.5. The molecule has 0 radical (unpaired) electrons. The zero-order chi connectivity index (χ0) is 18.5. The van der Waals surface area contributed by atoms with Crippen molar-refractivity contribution in [3.8, 4) is 5.75 Å². The minimum atomic E-state index is -0.431. The Balaban J connectivity index is 1.96. The van der Waals surface area contributed by atoms with Gasteiger partial charge < -0.3 is 19.5 Å². The average molecular weight is 358 g/mol. The molecule has 0 unspecified atom stereocenters. The summed E-state index contributed by atoms with van der Waals surface area (Å²) >= 11 is 0. The molecule has 0 saturated carbocycles. The second-order valence-electron chi connectivity index (χ2n) is 5.73. The van der Waals surface area contributed by atoms with Gasteiger partial charge in [-0.05, 0) is 31.5 Å². The van der Waals surface area contributed by atoms with Gasteiger partial charge in [0.1, 0.15) is 24.7 Å². The Kier molecular flexibility index (Phi) is 5.52. The van der Waals surface area contributed by atoms with Gasteiger partial charge in [0.05, 0.1) is 18.8 Å². The van der Waals surface area contributed by atoms with Crippen molar-refractivity contribution in [1.29, 1.82) is 0 Å². The van der Waals surface area contributed by atoms with E-state index in [9.17, 15) is 4.79 Å². The number of hydrogen-bond donors (Lipinski definition) is 1. The summed E-state index contributed by atoms with van der Waals surface area (Å²) in [6.45, 7) is 4.88. The molecule has 3 rings (SSSR count). The van der Waals surface area contributed by atoms with E-state index in [0.717, 1.165) is 11.3 Å². The van der Waals surface area contributed by atoms with E-state index in [-0.39, 0.29) is 6.61 Å². The minimum Gasteiger partial charge on any atom is -0.494 e. The third kappa shape index (κ3) is 3.55. The number of fused-ring (bicyclic) bond motifs is 1. The molecule has 1 aliphatic heterocycles. The van der Waals surface area contributed by atoms with Crippen LogP contribution in [0, 0.1) is 0 Å². The summed E-state index contributed by atoms with van der Waals surface area (Å²) in [7, 11) is 1.56. The van der Waals surface area contributed by atoms with E-state index in [1.807, 2.05) is 38.1 Å². The highest BCUT2D eigenvalue weighted by molar-refractivity contribution is 5.92. The van der Waals surface area contributed by atoms with Crippen LogP contribution in [0.1, 0.15) is 25.5 Å². The molecular formula is C18H22N4O4. The zero-order valence-electron chi connectivity index (χ0n) is 15.1. The lowest BCUT2D eigenvalue weighted by molar-refractivity contribution is -0.140. The first-order valence-electron chi connectivity index (χ1n) is 8.41. The lowest BCUT2D eigenvalue weighted by Gasteiger charge is -2.28.